The van der Waals surface area contributed by atoms with Gasteiger partial charge in [0.2, 0.25) is 9.84 Å². The lowest BCUT2D eigenvalue weighted by atomic mass is 9.89. The predicted octanol–water partition coefficient (Wildman–Crippen LogP) is 4.18. The van der Waals surface area contributed by atoms with Crippen molar-refractivity contribution in [1.29, 1.82) is 0 Å². The number of hydrogen-bond donors (Lipinski definition) is 1. The Morgan fingerprint density at radius 1 is 1.00 bits per heavy atom. The number of piperidine rings is 2. The van der Waals surface area contributed by atoms with Crippen LogP contribution >= 0.6 is 11.6 Å². The molecule has 1 N–H and O–H groups in total. The van der Waals surface area contributed by atoms with Crippen LogP contribution in [-0.2, 0) is 16.3 Å². The van der Waals surface area contributed by atoms with E-state index in [1.54, 1.807) is 30.3 Å². The summed E-state index contributed by atoms with van der Waals surface area (Å²) in [7, 11) is -3.61. The summed E-state index contributed by atoms with van der Waals surface area (Å²) in [5.41, 5.74) is 1.09. The molecule has 4 rings (SSSR count). The van der Waals surface area contributed by atoms with E-state index in [9.17, 15) is 8.42 Å². The fourth-order valence-corrected chi connectivity index (χ4v) is 5.72. The predicted molar refractivity (Wildman–Crippen MR) is 117 cm³/mol. The number of nitrogens with one attached hydrogen (secondary N) is 1. The Balaban J connectivity index is 1.35. The Labute approximate surface area is 184 Å². The number of hydrogen-bond acceptors (Lipinski definition) is 4. The molecule has 0 radical (unpaired) electrons. The van der Waals surface area contributed by atoms with Gasteiger partial charge in [-0.1, -0.05) is 29.8 Å². The average Bonchev–Trinajstić information content (AvgIpc) is 2.72. The van der Waals surface area contributed by atoms with Crippen molar-refractivity contribution in [3.63, 3.8) is 0 Å². The highest BCUT2D eigenvalue weighted by atomic mass is 35.5. The molecule has 6 heteroatoms. The van der Waals surface area contributed by atoms with E-state index in [2.05, 4.69) is 10.2 Å². The van der Waals surface area contributed by atoms with Crippen molar-refractivity contribution in [2.45, 2.75) is 47.9 Å². The lowest BCUT2D eigenvalue weighted by Gasteiger charge is -2.39. The Bertz CT molecular complexity index is 1070. The minimum Gasteiger partial charge on any atom is -0.317 e. The largest absolute Gasteiger partial charge is 0.317 e. The number of likely N-dealkylation sites (tertiary alicyclic amines) is 1. The molecule has 0 bridgehead atoms. The van der Waals surface area contributed by atoms with Crippen LogP contribution < -0.4 is 5.32 Å². The molecular formula is C23H29ClN2O2S. The number of nitrogens with zero attached hydrogens (tertiary/aromatic N) is 1. The van der Waals surface area contributed by atoms with E-state index >= 15 is 0 Å². The van der Waals surface area contributed by atoms with Gasteiger partial charge in [0.15, 0.2) is 0 Å². The zero-order chi connectivity index (χ0) is 23.9. The molecule has 0 saturated carbocycles. The van der Waals surface area contributed by atoms with Crippen molar-refractivity contribution in [2.75, 3.05) is 26.1 Å². The molecule has 0 unspecified atom stereocenters. The summed E-state index contributed by atoms with van der Waals surface area (Å²) < 4.78 is 57.6. The van der Waals surface area contributed by atoms with Gasteiger partial charge >= 0.3 is 0 Å². The molecule has 0 aliphatic carbocycles. The topological polar surface area (TPSA) is 49.4 Å². The first-order valence-electron chi connectivity index (χ1n) is 12.1. The quantitative estimate of drug-likeness (QED) is 0.763. The zero-order valence-electron chi connectivity index (χ0n) is 20.3. The summed E-state index contributed by atoms with van der Waals surface area (Å²) in [6, 6.07) is 13.2. The van der Waals surface area contributed by atoms with E-state index in [0.29, 0.717) is 23.8 Å². The highest BCUT2D eigenvalue weighted by molar-refractivity contribution is 7.91. The van der Waals surface area contributed by atoms with Crippen LogP contribution in [0.5, 0.6) is 0 Å². The van der Waals surface area contributed by atoms with Crippen molar-refractivity contribution in [3.8, 4) is 0 Å². The first kappa shape index (κ1) is 16.3. The van der Waals surface area contributed by atoms with Crippen LogP contribution in [0.15, 0.2) is 58.3 Å². The molecule has 2 heterocycles. The van der Waals surface area contributed by atoms with Crippen molar-refractivity contribution in [1.82, 2.24) is 10.2 Å². The van der Waals surface area contributed by atoms with Crippen molar-refractivity contribution < 1.29 is 13.9 Å². The summed E-state index contributed by atoms with van der Waals surface area (Å²) in [5, 5.41) is 2.85. The Kier molecular flexibility index (Phi) is 5.16. The summed E-state index contributed by atoms with van der Waals surface area (Å²) in [4.78, 5) is 2.66. The molecule has 156 valence electrons. The minimum absolute atomic E-state index is 0.104. The molecular weight excluding hydrogens is 404 g/mol. The lowest BCUT2D eigenvalue weighted by molar-refractivity contribution is 0.111. The maximum atomic E-state index is 12.8. The highest BCUT2D eigenvalue weighted by Gasteiger charge is 2.26. The van der Waals surface area contributed by atoms with Gasteiger partial charge in [-0.3, -0.25) is 0 Å². The van der Waals surface area contributed by atoms with Gasteiger partial charge in [-0.05, 0) is 100 Å². The van der Waals surface area contributed by atoms with Gasteiger partial charge in [-0.15, -0.1) is 0 Å². The first-order valence-corrected chi connectivity index (χ1v) is 11.9. The number of halogens is 1. The van der Waals surface area contributed by atoms with E-state index in [1.807, 2.05) is 12.1 Å². The van der Waals surface area contributed by atoms with Crippen molar-refractivity contribution in [2.24, 2.45) is 5.92 Å². The molecule has 0 spiro atoms. The molecule has 2 aromatic carbocycles. The Morgan fingerprint density at radius 2 is 1.69 bits per heavy atom. The monoisotopic (exact) mass is 436 g/mol. The second-order valence-electron chi connectivity index (χ2n) is 7.83. The number of sulfone groups is 1. The van der Waals surface area contributed by atoms with Gasteiger partial charge < -0.3 is 10.2 Å². The summed E-state index contributed by atoms with van der Waals surface area (Å²) in [6.45, 7) is -1.75. The Morgan fingerprint density at radius 3 is 2.34 bits per heavy atom. The van der Waals surface area contributed by atoms with Crippen LogP contribution in [0.3, 0.4) is 0 Å². The van der Waals surface area contributed by atoms with Gasteiger partial charge in [0.1, 0.15) is 0 Å². The van der Waals surface area contributed by atoms with E-state index in [4.69, 9.17) is 17.1 Å². The van der Waals surface area contributed by atoms with Gasteiger partial charge in [-0.2, -0.15) is 0 Å². The van der Waals surface area contributed by atoms with Crippen LogP contribution in [0, 0.1) is 5.92 Å². The van der Waals surface area contributed by atoms with Crippen LogP contribution in [0.4, 0.5) is 0 Å². The van der Waals surface area contributed by atoms with Crippen molar-refractivity contribution >= 4 is 21.4 Å². The van der Waals surface area contributed by atoms with Crippen molar-refractivity contribution in [3.05, 3.63) is 59.1 Å². The van der Waals surface area contributed by atoms with E-state index in [0.717, 1.165) is 37.9 Å². The third kappa shape index (κ3) is 5.02. The molecule has 0 aromatic heterocycles. The second-order valence-corrected chi connectivity index (χ2v) is 10.2. The summed E-state index contributed by atoms with van der Waals surface area (Å²) in [6.07, 6.45) is 3.36. The normalized spacial score (nSPS) is 25.6. The minimum atomic E-state index is -3.61. The molecule has 2 aliphatic heterocycles. The first-order chi connectivity index (χ1) is 15.4. The molecule has 0 amide bonds. The smallest absolute Gasteiger partial charge is 0.206 e. The van der Waals surface area contributed by atoms with Crippen LogP contribution in [-0.4, -0.2) is 45.4 Å². The SMILES string of the molecule is [2H]C1([2H])CC(N2CCC(Cc3ccc(S(=O)(=O)c4cccc(Cl)c4)cc3)CC2)CC([2H])([2H])N1. The van der Waals surface area contributed by atoms with Crippen LogP contribution in [0.1, 0.15) is 36.7 Å². The van der Waals surface area contributed by atoms with E-state index < -0.39 is 22.8 Å². The molecule has 4 nitrogen and oxygen atoms in total. The average molecular weight is 437 g/mol. The molecule has 0 atom stereocenters. The maximum Gasteiger partial charge on any atom is 0.206 e. The molecule has 2 fully saturated rings. The molecule has 29 heavy (non-hydrogen) atoms. The summed E-state index contributed by atoms with van der Waals surface area (Å²) in [5.74, 6) is 0.465. The zero-order valence-corrected chi connectivity index (χ0v) is 17.8. The molecule has 2 aromatic rings. The van der Waals surface area contributed by atoms with Crippen LogP contribution in [0.25, 0.3) is 0 Å². The lowest BCUT2D eigenvalue weighted by Crippen LogP contribution is -2.46. The maximum absolute atomic E-state index is 12.8. The standard InChI is InChI=1S/C23H29ClN2O2S/c24-20-2-1-3-23(17-20)29(27,28)22-6-4-18(5-7-22)16-19-10-14-26(15-11-19)21-8-12-25-13-9-21/h1-7,17,19,21,25H,8-16H2/i12D2,13D2. The second kappa shape index (κ2) is 9.17. The van der Waals surface area contributed by atoms with E-state index in [1.165, 1.54) is 6.07 Å². The van der Waals surface area contributed by atoms with Gasteiger partial charge in [-0.25, -0.2) is 8.42 Å². The molecule has 2 aliphatic rings. The number of rotatable bonds is 5. The Hall–Kier alpha value is -1.40. The van der Waals surface area contributed by atoms with Gasteiger partial charge in [0.25, 0.3) is 0 Å². The van der Waals surface area contributed by atoms with Crippen LogP contribution in [0.2, 0.25) is 5.02 Å². The highest BCUT2D eigenvalue weighted by Crippen LogP contribution is 2.27. The van der Waals surface area contributed by atoms with E-state index in [-0.39, 0.29) is 15.8 Å². The third-order valence-corrected chi connectivity index (χ3v) is 7.88. The number of benzene rings is 2. The van der Waals surface area contributed by atoms with Gasteiger partial charge in [0.05, 0.1) is 9.79 Å². The molecule has 2 saturated heterocycles. The third-order valence-electron chi connectivity index (χ3n) is 5.88. The fraction of sp³-hybridized carbons (Fsp3) is 0.478. The fourth-order valence-electron chi connectivity index (χ4n) is 4.16. The summed E-state index contributed by atoms with van der Waals surface area (Å²) >= 11 is 5.95. The van der Waals surface area contributed by atoms with Gasteiger partial charge in [0, 0.05) is 16.5 Å².